The molecule has 1 aromatic heterocycles. The topological polar surface area (TPSA) is 62.4 Å². The number of hydrogen-bond acceptors (Lipinski definition) is 3. The van der Waals surface area contributed by atoms with Gasteiger partial charge in [-0.05, 0) is 55.5 Å². The fourth-order valence-corrected chi connectivity index (χ4v) is 3.75. The van der Waals surface area contributed by atoms with Crippen LogP contribution in [-0.2, 0) is 11.3 Å². The van der Waals surface area contributed by atoms with Crippen LogP contribution in [0.1, 0.15) is 34.3 Å². The van der Waals surface area contributed by atoms with Crippen LogP contribution in [0.4, 0.5) is 4.39 Å². The van der Waals surface area contributed by atoms with Gasteiger partial charge in [0.1, 0.15) is 5.82 Å². The maximum absolute atomic E-state index is 14.2. The summed E-state index contributed by atoms with van der Waals surface area (Å²) in [5, 5.41) is 0.898. The number of H-pyrrole nitrogens is 1. The normalized spacial score (nSPS) is 16.3. The average molecular weight is 394 g/mol. The zero-order valence-electron chi connectivity index (χ0n) is 16.3. The molecule has 1 saturated heterocycles. The van der Waals surface area contributed by atoms with Crippen molar-refractivity contribution < 1.29 is 13.9 Å². The van der Waals surface area contributed by atoms with E-state index in [0.29, 0.717) is 18.7 Å². The van der Waals surface area contributed by atoms with E-state index in [0.717, 1.165) is 29.3 Å². The highest BCUT2D eigenvalue weighted by Crippen LogP contribution is 2.19. The zero-order valence-corrected chi connectivity index (χ0v) is 16.3. The maximum Gasteiger partial charge on any atom is 0.257 e. The number of nitrogens with zero attached hydrogens (tertiary/aromatic N) is 1. The van der Waals surface area contributed by atoms with Crippen molar-refractivity contribution in [2.24, 2.45) is 0 Å². The molecule has 6 heteroatoms. The van der Waals surface area contributed by atoms with Crippen molar-refractivity contribution in [3.8, 4) is 0 Å². The summed E-state index contributed by atoms with van der Waals surface area (Å²) in [6.45, 7) is 3.04. The fraction of sp³-hybridized carbons (Fsp3) is 0.304. The van der Waals surface area contributed by atoms with Crippen molar-refractivity contribution in [1.29, 1.82) is 0 Å². The van der Waals surface area contributed by atoms with Crippen molar-refractivity contribution in [1.82, 2.24) is 9.88 Å². The minimum atomic E-state index is -0.571. The Kier molecular flexibility index (Phi) is 5.45. The van der Waals surface area contributed by atoms with E-state index in [2.05, 4.69) is 4.98 Å². The highest BCUT2D eigenvalue weighted by Gasteiger charge is 2.26. The minimum Gasteiger partial charge on any atom is -0.376 e. The van der Waals surface area contributed by atoms with E-state index in [9.17, 15) is 14.0 Å². The summed E-state index contributed by atoms with van der Waals surface area (Å²) in [5.74, 6) is -1.01. The van der Waals surface area contributed by atoms with Crippen molar-refractivity contribution in [3.63, 3.8) is 0 Å². The third-order valence-corrected chi connectivity index (χ3v) is 5.28. The van der Waals surface area contributed by atoms with Gasteiger partial charge in [-0.3, -0.25) is 9.59 Å². The van der Waals surface area contributed by atoms with Crippen molar-refractivity contribution in [2.45, 2.75) is 32.4 Å². The molecule has 2 aromatic carbocycles. The van der Waals surface area contributed by atoms with E-state index in [1.165, 1.54) is 17.0 Å². The molecule has 4 rings (SSSR count). The summed E-state index contributed by atoms with van der Waals surface area (Å²) >= 11 is 0. The number of carbonyl (C=O) groups is 1. The molecule has 0 unspecified atom stereocenters. The lowest BCUT2D eigenvalue weighted by atomic mass is 10.1. The van der Waals surface area contributed by atoms with Crippen LogP contribution < -0.4 is 5.56 Å². The highest BCUT2D eigenvalue weighted by atomic mass is 19.1. The van der Waals surface area contributed by atoms with Gasteiger partial charge in [0.05, 0.1) is 18.2 Å². The van der Waals surface area contributed by atoms with E-state index in [4.69, 9.17) is 4.74 Å². The van der Waals surface area contributed by atoms with Gasteiger partial charge in [-0.1, -0.05) is 23.8 Å². The number of halogens is 1. The van der Waals surface area contributed by atoms with Gasteiger partial charge in [0, 0.05) is 24.2 Å². The number of fused-ring (bicyclic) bond motifs is 1. The molecular weight excluding hydrogens is 371 g/mol. The van der Waals surface area contributed by atoms with Crippen molar-refractivity contribution in [3.05, 3.63) is 81.4 Å². The second-order valence-electron chi connectivity index (χ2n) is 7.51. The number of nitrogens with one attached hydrogen (secondary N) is 1. The molecule has 1 N–H and O–H groups in total. The third-order valence-electron chi connectivity index (χ3n) is 5.28. The summed E-state index contributed by atoms with van der Waals surface area (Å²) in [4.78, 5) is 30.1. The second-order valence-corrected chi connectivity index (χ2v) is 7.51. The minimum absolute atomic E-state index is 0.00133. The Morgan fingerprint density at radius 3 is 2.83 bits per heavy atom. The molecule has 1 aliphatic rings. The number of hydrogen-bond donors (Lipinski definition) is 1. The first-order valence-corrected chi connectivity index (χ1v) is 9.79. The number of aryl methyl sites for hydroxylation is 1. The molecule has 0 aliphatic carbocycles. The van der Waals surface area contributed by atoms with Crippen molar-refractivity contribution >= 4 is 16.8 Å². The number of aromatic amines is 1. The largest absolute Gasteiger partial charge is 0.376 e. The Balaban J connectivity index is 1.68. The Labute approximate surface area is 168 Å². The number of rotatable bonds is 5. The zero-order chi connectivity index (χ0) is 20.4. The lowest BCUT2D eigenvalue weighted by Crippen LogP contribution is -2.38. The third kappa shape index (κ3) is 4.22. The lowest BCUT2D eigenvalue weighted by Gasteiger charge is -2.25. The molecule has 150 valence electrons. The van der Waals surface area contributed by atoms with Gasteiger partial charge in [0.15, 0.2) is 0 Å². The number of benzene rings is 2. The molecule has 1 fully saturated rings. The van der Waals surface area contributed by atoms with Crippen LogP contribution in [-0.4, -0.2) is 35.0 Å². The second kappa shape index (κ2) is 8.17. The van der Waals surface area contributed by atoms with E-state index in [1.54, 1.807) is 18.2 Å². The van der Waals surface area contributed by atoms with Crippen LogP contribution in [0.5, 0.6) is 0 Å². The van der Waals surface area contributed by atoms with Crippen LogP contribution in [0.3, 0.4) is 0 Å². The lowest BCUT2D eigenvalue weighted by molar-refractivity contribution is 0.0503. The van der Waals surface area contributed by atoms with Crippen LogP contribution >= 0.6 is 0 Å². The van der Waals surface area contributed by atoms with Gasteiger partial charge >= 0.3 is 0 Å². The molecule has 1 atom stereocenters. The van der Waals surface area contributed by atoms with Gasteiger partial charge < -0.3 is 14.6 Å². The molecule has 0 radical (unpaired) electrons. The van der Waals surface area contributed by atoms with Gasteiger partial charge in [-0.25, -0.2) is 4.39 Å². The number of carbonyl (C=O) groups excluding carboxylic acids is 1. The number of pyridine rings is 1. The van der Waals surface area contributed by atoms with Crippen molar-refractivity contribution in [2.75, 3.05) is 13.2 Å². The Morgan fingerprint density at radius 1 is 1.24 bits per heavy atom. The number of amides is 1. The van der Waals surface area contributed by atoms with E-state index < -0.39 is 11.7 Å². The molecule has 1 amide bonds. The summed E-state index contributed by atoms with van der Waals surface area (Å²) < 4.78 is 19.9. The fourth-order valence-electron chi connectivity index (χ4n) is 3.75. The quantitative estimate of drug-likeness (QED) is 0.716. The van der Waals surface area contributed by atoms with Crippen LogP contribution in [0, 0.1) is 12.7 Å². The maximum atomic E-state index is 14.2. The smallest absolute Gasteiger partial charge is 0.257 e. The van der Waals surface area contributed by atoms with E-state index >= 15 is 0 Å². The first-order chi connectivity index (χ1) is 14.0. The molecule has 0 bridgehead atoms. The summed E-state index contributed by atoms with van der Waals surface area (Å²) in [6.07, 6.45) is 1.67. The van der Waals surface area contributed by atoms with Crippen LogP contribution in [0.25, 0.3) is 10.9 Å². The molecule has 5 nitrogen and oxygen atoms in total. The van der Waals surface area contributed by atoms with Gasteiger partial charge in [0.2, 0.25) is 0 Å². The molecular formula is C23H23FN2O3. The summed E-state index contributed by atoms with van der Waals surface area (Å²) in [5.41, 5.74) is 2.04. The average Bonchev–Trinajstić information content (AvgIpc) is 3.21. The summed E-state index contributed by atoms with van der Waals surface area (Å²) in [6, 6.07) is 13.5. The number of ether oxygens (including phenoxy) is 1. The predicted molar refractivity (Wildman–Crippen MR) is 109 cm³/mol. The van der Waals surface area contributed by atoms with Crippen LogP contribution in [0.15, 0.2) is 53.3 Å². The molecule has 0 spiro atoms. The molecule has 2 heterocycles. The highest BCUT2D eigenvalue weighted by molar-refractivity contribution is 5.94. The molecule has 1 aliphatic heterocycles. The first kappa shape index (κ1) is 19.3. The van der Waals surface area contributed by atoms with E-state index in [-0.39, 0.29) is 23.8 Å². The Morgan fingerprint density at radius 2 is 2.07 bits per heavy atom. The summed E-state index contributed by atoms with van der Waals surface area (Å²) in [7, 11) is 0. The van der Waals surface area contributed by atoms with Crippen LogP contribution in [0.2, 0.25) is 0 Å². The first-order valence-electron chi connectivity index (χ1n) is 9.79. The standard InChI is InChI=1S/C23H23FN2O3/c1-15-8-9-21-16(11-15)12-17(22(27)25-21)13-26(14-18-5-4-10-29-18)23(28)19-6-2-3-7-20(19)24/h2-3,6-9,11-12,18H,4-5,10,13-14H2,1H3,(H,25,27)/t18-/m1/s1. The van der Waals surface area contributed by atoms with Gasteiger partial charge in [0.25, 0.3) is 11.5 Å². The van der Waals surface area contributed by atoms with Gasteiger partial charge in [-0.2, -0.15) is 0 Å². The molecule has 3 aromatic rings. The Hall–Kier alpha value is -2.99. The number of aromatic nitrogens is 1. The SMILES string of the molecule is Cc1ccc2[nH]c(=O)c(CN(C[C@H]3CCCO3)C(=O)c3ccccc3F)cc2c1. The predicted octanol–water partition coefficient (Wildman–Crippen LogP) is 3.80. The van der Waals surface area contributed by atoms with E-state index in [1.807, 2.05) is 25.1 Å². The monoisotopic (exact) mass is 394 g/mol. The Bertz CT molecular complexity index is 1100. The van der Waals surface area contributed by atoms with Gasteiger partial charge in [-0.15, -0.1) is 0 Å². The molecule has 29 heavy (non-hydrogen) atoms. The molecule has 0 saturated carbocycles.